The molecule has 0 aromatic heterocycles. The largest absolute Gasteiger partial charge is 0.506 e. The number of carbonyl (C=O) groups excluding carboxylic acids is 1. The van der Waals surface area contributed by atoms with E-state index in [9.17, 15) is 24.6 Å². The highest BCUT2D eigenvalue weighted by molar-refractivity contribution is 6.01. The molecule has 0 fully saturated rings. The summed E-state index contributed by atoms with van der Waals surface area (Å²) in [5, 5.41) is 43.5. The van der Waals surface area contributed by atoms with Crippen LogP contribution in [-0.4, -0.2) is 74.9 Å². The van der Waals surface area contributed by atoms with Crippen LogP contribution in [-0.2, 0) is 16.0 Å². The highest BCUT2D eigenvalue weighted by Gasteiger charge is 2.20. The first-order valence-corrected chi connectivity index (χ1v) is 9.97. The van der Waals surface area contributed by atoms with Crippen LogP contribution < -0.4 is 15.4 Å². The van der Waals surface area contributed by atoms with Gasteiger partial charge < -0.3 is 46.7 Å². The highest BCUT2D eigenvalue weighted by atomic mass is 16.5. The molecule has 12 heteroatoms. The zero-order chi connectivity index (χ0) is 24.5. The summed E-state index contributed by atoms with van der Waals surface area (Å²) in [4.78, 5) is 34.6. The van der Waals surface area contributed by atoms with Crippen molar-refractivity contribution in [3.8, 4) is 11.5 Å². The first-order chi connectivity index (χ1) is 15.6. The third-order valence-corrected chi connectivity index (χ3v) is 4.71. The van der Waals surface area contributed by atoms with Crippen LogP contribution in [0.3, 0.4) is 0 Å². The number of hydrogen-bond donors (Lipinski definition) is 6. The number of aliphatic hydroxyl groups excluding tert-OH is 1. The Morgan fingerprint density at radius 1 is 1.06 bits per heavy atom. The Morgan fingerprint density at radius 2 is 1.69 bits per heavy atom. The Morgan fingerprint density at radius 3 is 2.23 bits per heavy atom. The Bertz CT molecular complexity index is 1040. The van der Waals surface area contributed by atoms with E-state index in [4.69, 9.17) is 14.9 Å². The van der Waals surface area contributed by atoms with Crippen molar-refractivity contribution in [2.75, 3.05) is 19.0 Å². The van der Waals surface area contributed by atoms with Gasteiger partial charge in [-0.05, 0) is 49.2 Å². The molecular weight excluding hydrogens is 464 g/mol. The summed E-state index contributed by atoms with van der Waals surface area (Å²) < 4.78 is 5.12. The number of phenols is 1. The van der Waals surface area contributed by atoms with Gasteiger partial charge in [-0.2, -0.15) is 0 Å². The number of Topliss-reactive ketones (excluding diaryl/α,β-unsaturated/α-hetero) is 1. The molecule has 0 heterocycles. The second kappa shape index (κ2) is 14.3. The van der Waals surface area contributed by atoms with E-state index in [0.717, 1.165) is 23.4 Å². The fraction of sp³-hybridized carbons (Fsp3) is 0.261. The van der Waals surface area contributed by atoms with Gasteiger partial charge >= 0.3 is 11.9 Å². The number of ether oxygens (including phenoxy) is 1. The molecule has 0 aliphatic carbocycles. The van der Waals surface area contributed by atoms with E-state index in [-0.39, 0.29) is 34.8 Å². The van der Waals surface area contributed by atoms with Crippen LogP contribution in [0.2, 0.25) is 0 Å². The molecule has 0 saturated carbocycles. The number of phenolic OH excluding ortho intramolecular Hbond substituents is 1. The summed E-state index contributed by atoms with van der Waals surface area (Å²) in [6.45, 7) is 1.88. The first kappa shape index (κ1) is 31.0. The van der Waals surface area contributed by atoms with Crippen molar-refractivity contribution in [1.29, 1.82) is 0 Å². The van der Waals surface area contributed by atoms with E-state index < -0.39 is 35.3 Å². The lowest BCUT2D eigenvalue weighted by Gasteiger charge is -2.17. The molecule has 0 aliphatic rings. The fourth-order valence-electron chi connectivity index (χ4n) is 2.99. The van der Waals surface area contributed by atoms with Crippen LogP contribution in [0.4, 0.5) is 5.69 Å². The molecule has 2 aromatic rings. The van der Waals surface area contributed by atoms with Crippen molar-refractivity contribution in [2.45, 2.75) is 25.5 Å². The van der Waals surface area contributed by atoms with Gasteiger partial charge in [0.1, 0.15) is 23.3 Å². The lowest BCUT2D eigenvalue weighted by atomic mass is 10.0. The van der Waals surface area contributed by atoms with Crippen LogP contribution in [0.25, 0.3) is 0 Å². The van der Waals surface area contributed by atoms with Crippen LogP contribution >= 0.6 is 0 Å². The van der Waals surface area contributed by atoms with Gasteiger partial charge in [-0.15, -0.1) is 0 Å². The van der Waals surface area contributed by atoms with E-state index in [1.165, 1.54) is 6.07 Å². The molecular formula is C23H30N2O10. The number of benzene rings is 2. The predicted molar refractivity (Wildman–Crippen MR) is 127 cm³/mol. The van der Waals surface area contributed by atoms with Gasteiger partial charge in [0.25, 0.3) is 0 Å². The lowest BCUT2D eigenvalue weighted by Crippen LogP contribution is -2.38. The summed E-state index contributed by atoms with van der Waals surface area (Å²) in [5.41, 5.74) is 0.155. The van der Waals surface area contributed by atoms with Crippen LogP contribution in [0.15, 0.2) is 54.2 Å². The number of carboxylic acid groups (broad SMARTS) is 2. The van der Waals surface area contributed by atoms with Crippen LogP contribution in [0.1, 0.15) is 22.8 Å². The maximum Gasteiger partial charge on any atom is 0.352 e. The molecule has 0 spiro atoms. The molecule has 12 nitrogen and oxygen atoms in total. The average molecular weight is 494 g/mol. The third kappa shape index (κ3) is 9.43. The summed E-state index contributed by atoms with van der Waals surface area (Å²) in [6, 6.07) is 11.0. The molecule has 2 atom stereocenters. The Balaban J connectivity index is 0.00000578. The van der Waals surface area contributed by atoms with E-state index in [1.54, 1.807) is 7.11 Å². The fourth-order valence-corrected chi connectivity index (χ4v) is 2.99. The van der Waals surface area contributed by atoms with Crippen molar-refractivity contribution < 1.29 is 50.5 Å². The normalized spacial score (nSPS) is 12.4. The molecule has 0 radical (unpaired) electrons. The number of hydrogen-bond acceptors (Lipinski definition) is 8. The molecule has 192 valence electrons. The summed E-state index contributed by atoms with van der Waals surface area (Å²) in [5.74, 6) is -3.37. The van der Waals surface area contributed by atoms with Crippen LogP contribution in [0.5, 0.6) is 11.5 Å². The second-order valence-corrected chi connectivity index (χ2v) is 7.30. The Hall–Kier alpha value is -3.97. The molecule has 0 amide bonds. The molecule has 0 saturated heterocycles. The topological polar surface area (TPSA) is 228 Å². The van der Waals surface area contributed by atoms with Crippen LogP contribution in [0, 0.1) is 0 Å². The highest BCUT2D eigenvalue weighted by Crippen LogP contribution is 2.26. The van der Waals surface area contributed by atoms with Crippen molar-refractivity contribution in [1.82, 2.24) is 5.32 Å². The van der Waals surface area contributed by atoms with Gasteiger partial charge in [0.2, 0.25) is 0 Å². The summed E-state index contributed by atoms with van der Waals surface area (Å²) in [7, 11) is 1.59. The van der Waals surface area contributed by atoms with Gasteiger partial charge in [-0.1, -0.05) is 12.1 Å². The minimum absolute atomic E-state index is 0. The van der Waals surface area contributed by atoms with E-state index in [0.29, 0.717) is 12.5 Å². The van der Waals surface area contributed by atoms with Crippen molar-refractivity contribution in [2.24, 2.45) is 0 Å². The number of aliphatic hydroxyl groups is 1. The summed E-state index contributed by atoms with van der Waals surface area (Å²) in [6.07, 6.45) is -0.320. The standard InChI is InChI=1S/C23H26N2O8.2H2O/c1-13(9-14-3-6-16(33-2)7-4-14)24-12-20(27)22(30)15-5-8-19(26)17(10-15)25-18(23(31)32)11-21(28)29;;/h3-8,10-11,13,20,24-27H,9,12H2,1-2H3,(H,28,29)(H,31,32);2*1H2/b18-11-;;. The molecule has 2 aromatic carbocycles. The number of rotatable bonds is 12. The maximum absolute atomic E-state index is 12.6. The Labute approximate surface area is 201 Å². The first-order valence-electron chi connectivity index (χ1n) is 9.97. The van der Waals surface area contributed by atoms with Crippen molar-refractivity contribution >= 4 is 23.4 Å². The maximum atomic E-state index is 12.6. The summed E-state index contributed by atoms with van der Waals surface area (Å²) >= 11 is 0. The van der Waals surface area contributed by atoms with E-state index in [2.05, 4.69) is 10.6 Å². The number of methoxy groups -OCH3 is 1. The number of aromatic hydroxyl groups is 1. The molecule has 10 N–H and O–H groups in total. The van der Waals surface area contributed by atoms with Gasteiger partial charge in [0.05, 0.1) is 18.9 Å². The van der Waals surface area contributed by atoms with Gasteiger partial charge in [0.15, 0.2) is 5.78 Å². The van der Waals surface area contributed by atoms with E-state index >= 15 is 0 Å². The molecule has 0 bridgehead atoms. The zero-order valence-corrected chi connectivity index (χ0v) is 19.1. The minimum Gasteiger partial charge on any atom is -0.506 e. The third-order valence-electron chi connectivity index (χ3n) is 4.71. The quantitative estimate of drug-likeness (QED) is 0.131. The number of anilines is 1. The lowest BCUT2D eigenvalue weighted by molar-refractivity contribution is -0.134. The van der Waals surface area contributed by atoms with Crippen molar-refractivity contribution in [3.63, 3.8) is 0 Å². The zero-order valence-electron chi connectivity index (χ0n) is 19.1. The van der Waals surface area contributed by atoms with Gasteiger partial charge in [0, 0.05) is 18.2 Å². The molecule has 0 aliphatic heterocycles. The number of ketones is 1. The molecule has 35 heavy (non-hydrogen) atoms. The number of nitrogens with one attached hydrogen (secondary N) is 2. The molecule has 2 unspecified atom stereocenters. The number of aliphatic carboxylic acids is 2. The number of carboxylic acids is 2. The predicted octanol–water partition coefficient (Wildman–Crippen LogP) is -0.0192. The minimum atomic E-state index is -1.57. The monoisotopic (exact) mass is 494 g/mol. The smallest absolute Gasteiger partial charge is 0.352 e. The molecule has 2 rings (SSSR count). The van der Waals surface area contributed by atoms with Gasteiger partial charge in [-0.25, -0.2) is 9.59 Å². The van der Waals surface area contributed by atoms with Gasteiger partial charge in [-0.3, -0.25) is 4.79 Å². The second-order valence-electron chi connectivity index (χ2n) is 7.30. The SMILES string of the molecule is COc1ccc(CC(C)NCC(O)C(=O)c2ccc(O)c(N/C(=C\C(=O)O)C(=O)O)c2)cc1.O.O. The van der Waals surface area contributed by atoms with E-state index in [1.807, 2.05) is 31.2 Å². The van der Waals surface area contributed by atoms with Crippen molar-refractivity contribution in [3.05, 3.63) is 65.4 Å². The Kier molecular flexibility index (Phi) is 12.7. The average Bonchev–Trinajstić information content (AvgIpc) is 2.78. The number of carbonyl (C=O) groups is 3.